The molecule has 9 heteroatoms. The Hall–Kier alpha value is -2.23. The highest BCUT2D eigenvalue weighted by Crippen LogP contribution is 2.46. The summed E-state index contributed by atoms with van der Waals surface area (Å²) >= 11 is 1.64. The Morgan fingerprint density at radius 3 is 2.93 bits per heavy atom. The van der Waals surface area contributed by atoms with Crippen LogP contribution < -0.4 is 26.4 Å². The van der Waals surface area contributed by atoms with Crippen LogP contribution in [0.5, 0.6) is 0 Å². The first-order valence-electron chi connectivity index (χ1n) is 10.2. The molecule has 2 aromatic rings. The maximum atomic E-state index is 13.2. The molecule has 8 nitrogen and oxygen atoms in total. The average molecular weight is 415 g/mol. The Morgan fingerprint density at radius 2 is 2.17 bits per heavy atom. The lowest BCUT2D eigenvalue weighted by Gasteiger charge is -2.27. The van der Waals surface area contributed by atoms with Gasteiger partial charge in [0.15, 0.2) is 0 Å². The van der Waals surface area contributed by atoms with Crippen molar-refractivity contribution >= 4 is 29.2 Å². The Labute approximate surface area is 173 Å². The van der Waals surface area contributed by atoms with E-state index in [0.717, 1.165) is 36.5 Å². The van der Waals surface area contributed by atoms with E-state index < -0.39 is 0 Å². The molecule has 1 unspecified atom stereocenters. The number of para-hydroxylation sites is 1. The summed E-state index contributed by atoms with van der Waals surface area (Å²) in [7, 11) is 0. The summed E-state index contributed by atoms with van der Waals surface area (Å²) in [5, 5.41) is 20.1. The molecule has 29 heavy (non-hydrogen) atoms. The van der Waals surface area contributed by atoms with Crippen molar-refractivity contribution in [2.45, 2.75) is 41.7 Å². The second-order valence-electron chi connectivity index (χ2n) is 7.87. The number of piperidine rings is 1. The number of aromatic nitrogens is 2. The molecule has 3 aliphatic heterocycles. The zero-order valence-corrected chi connectivity index (χ0v) is 17.0. The van der Waals surface area contributed by atoms with Crippen molar-refractivity contribution in [3.05, 3.63) is 40.2 Å². The van der Waals surface area contributed by atoms with Gasteiger partial charge in [-0.05, 0) is 37.9 Å². The van der Waals surface area contributed by atoms with Crippen molar-refractivity contribution in [1.82, 2.24) is 15.3 Å². The molecule has 1 aromatic heterocycles. The molecule has 3 aliphatic rings. The highest BCUT2D eigenvalue weighted by atomic mass is 32.2. The molecule has 1 aromatic carbocycles. The largest absolute Gasteiger partial charge is 0.391 e. The fourth-order valence-electron chi connectivity index (χ4n) is 4.19. The van der Waals surface area contributed by atoms with Gasteiger partial charge in [-0.3, -0.25) is 9.78 Å². The maximum absolute atomic E-state index is 13.2. The van der Waals surface area contributed by atoms with Gasteiger partial charge in [0.1, 0.15) is 11.2 Å². The third-order valence-electron chi connectivity index (χ3n) is 5.72. The standard InChI is InChI=1S/C20H26N6O2S/c27-13-7-9-26(11-13)20-24-17(22-12-4-3-8-21-10-12)16(18(28)25-20)19-23-14-5-1-2-6-15(14)29-19/h1-2,5-6,12-13,19,21,23,27H,3-4,7-11H2,(H2,22,24,25,28)/t12-,13-,19?/m1/s1. The van der Waals surface area contributed by atoms with Crippen molar-refractivity contribution in [3.8, 4) is 0 Å². The molecule has 5 rings (SSSR count). The van der Waals surface area contributed by atoms with E-state index in [0.29, 0.717) is 36.8 Å². The van der Waals surface area contributed by atoms with Gasteiger partial charge in [-0.2, -0.15) is 4.98 Å². The molecule has 2 saturated heterocycles. The quantitative estimate of drug-likeness (QED) is 0.515. The first-order chi connectivity index (χ1) is 14.2. The van der Waals surface area contributed by atoms with Crippen LogP contribution in [0.1, 0.15) is 30.2 Å². The van der Waals surface area contributed by atoms with E-state index in [4.69, 9.17) is 4.98 Å². The summed E-state index contributed by atoms with van der Waals surface area (Å²) < 4.78 is 0. The van der Waals surface area contributed by atoms with E-state index in [-0.39, 0.29) is 23.1 Å². The average Bonchev–Trinajstić information content (AvgIpc) is 3.34. The fourth-order valence-corrected chi connectivity index (χ4v) is 5.38. The molecule has 0 spiro atoms. The van der Waals surface area contributed by atoms with Gasteiger partial charge in [0.2, 0.25) is 5.95 Å². The van der Waals surface area contributed by atoms with Crippen LogP contribution >= 0.6 is 11.8 Å². The lowest BCUT2D eigenvalue weighted by atomic mass is 10.1. The highest BCUT2D eigenvalue weighted by molar-refractivity contribution is 8.00. The highest BCUT2D eigenvalue weighted by Gasteiger charge is 2.31. The molecule has 2 fully saturated rings. The Morgan fingerprint density at radius 1 is 1.28 bits per heavy atom. The van der Waals surface area contributed by atoms with Crippen molar-refractivity contribution in [2.75, 3.05) is 41.7 Å². The lowest BCUT2D eigenvalue weighted by molar-refractivity contribution is 0.198. The summed E-state index contributed by atoms with van der Waals surface area (Å²) in [6.07, 6.45) is 2.46. The predicted octanol–water partition coefficient (Wildman–Crippen LogP) is 1.72. The topological polar surface area (TPSA) is 105 Å². The van der Waals surface area contributed by atoms with Crippen molar-refractivity contribution in [3.63, 3.8) is 0 Å². The zero-order chi connectivity index (χ0) is 19.8. The van der Waals surface area contributed by atoms with E-state index in [1.807, 2.05) is 23.1 Å². The van der Waals surface area contributed by atoms with Crippen LogP contribution in [0, 0.1) is 0 Å². The molecule has 154 valence electrons. The number of benzene rings is 1. The normalized spacial score (nSPS) is 26.2. The van der Waals surface area contributed by atoms with Gasteiger partial charge in [0.25, 0.3) is 5.56 Å². The second-order valence-corrected chi connectivity index (χ2v) is 9.01. The van der Waals surface area contributed by atoms with Crippen LogP contribution in [0.25, 0.3) is 0 Å². The first kappa shape index (κ1) is 18.8. The van der Waals surface area contributed by atoms with Gasteiger partial charge in [-0.25, -0.2) is 0 Å². The number of nitrogens with one attached hydrogen (secondary N) is 4. The summed E-state index contributed by atoms with van der Waals surface area (Å²) in [5.41, 5.74) is 1.53. The molecule has 0 amide bonds. The van der Waals surface area contributed by atoms with Gasteiger partial charge in [-0.15, -0.1) is 0 Å². The number of fused-ring (bicyclic) bond motifs is 1. The lowest BCUT2D eigenvalue weighted by Crippen LogP contribution is -2.40. The summed E-state index contributed by atoms with van der Waals surface area (Å²) in [6, 6.07) is 8.33. The SMILES string of the molecule is O=c1[nH]c(N2CC[C@@H](O)C2)nc(N[C@@H]2CCCNC2)c1C1Nc2ccccc2S1. The minimum absolute atomic E-state index is 0.138. The monoisotopic (exact) mass is 414 g/mol. The third-order valence-corrected chi connectivity index (χ3v) is 6.92. The molecular weight excluding hydrogens is 388 g/mol. The number of aliphatic hydroxyl groups excluding tert-OH is 1. The van der Waals surface area contributed by atoms with Crippen LogP contribution in [0.3, 0.4) is 0 Å². The molecule has 3 atom stereocenters. The van der Waals surface area contributed by atoms with E-state index >= 15 is 0 Å². The van der Waals surface area contributed by atoms with Crippen molar-refractivity contribution in [1.29, 1.82) is 0 Å². The smallest absolute Gasteiger partial charge is 0.260 e. The molecule has 5 N–H and O–H groups in total. The van der Waals surface area contributed by atoms with Gasteiger partial charge < -0.3 is 26.0 Å². The minimum Gasteiger partial charge on any atom is -0.391 e. The number of hydrogen-bond acceptors (Lipinski definition) is 8. The molecular formula is C20H26N6O2S. The number of aromatic amines is 1. The number of anilines is 3. The van der Waals surface area contributed by atoms with Gasteiger partial charge in [-0.1, -0.05) is 23.9 Å². The van der Waals surface area contributed by atoms with Crippen LogP contribution in [0.4, 0.5) is 17.5 Å². The van der Waals surface area contributed by atoms with Crippen LogP contribution in [-0.2, 0) is 0 Å². The summed E-state index contributed by atoms with van der Waals surface area (Å²) in [5.74, 6) is 1.17. The molecule has 0 saturated carbocycles. The molecule has 4 heterocycles. The van der Waals surface area contributed by atoms with E-state index in [1.54, 1.807) is 11.8 Å². The molecule has 0 radical (unpaired) electrons. The molecule has 0 aliphatic carbocycles. The van der Waals surface area contributed by atoms with Crippen LogP contribution in [0.15, 0.2) is 34.0 Å². The van der Waals surface area contributed by atoms with Crippen LogP contribution in [0.2, 0.25) is 0 Å². The van der Waals surface area contributed by atoms with Gasteiger partial charge in [0.05, 0.1) is 11.7 Å². The third kappa shape index (κ3) is 3.82. The summed E-state index contributed by atoms with van der Waals surface area (Å²) in [6.45, 7) is 3.07. The van der Waals surface area contributed by atoms with Gasteiger partial charge >= 0.3 is 0 Å². The predicted molar refractivity (Wildman–Crippen MR) is 116 cm³/mol. The Balaban J connectivity index is 1.49. The van der Waals surface area contributed by atoms with Crippen LogP contribution in [-0.4, -0.2) is 53.4 Å². The number of β-amino-alcohol motifs (C(OH)–C–C–N with tert-alkyl or cyclic N) is 1. The van der Waals surface area contributed by atoms with Crippen molar-refractivity contribution in [2.24, 2.45) is 0 Å². The number of aliphatic hydroxyl groups is 1. The first-order valence-corrected chi connectivity index (χ1v) is 11.1. The number of rotatable bonds is 4. The van der Waals surface area contributed by atoms with E-state index in [1.165, 1.54) is 0 Å². The zero-order valence-electron chi connectivity index (χ0n) is 16.1. The molecule has 0 bridgehead atoms. The minimum atomic E-state index is -0.375. The number of hydrogen-bond donors (Lipinski definition) is 5. The van der Waals surface area contributed by atoms with E-state index in [9.17, 15) is 9.90 Å². The van der Waals surface area contributed by atoms with E-state index in [2.05, 4.69) is 27.0 Å². The number of H-pyrrole nitrogens is 1. The number of nitrogens with zero attached hydrogens (tertiary/aromatic N) is 2. The fraction of sp³-hybridized carbons (Fsp3) is 0.500. The van der Waals surface area contributed by atoms with Gasteiger partial charge in [0, 0.05) is 36.3 Å². The number of thioether (sulfide) groups is 1. The van der Waals surface area contributed by atoms with Crippen molar-refractivity contribution < 1.29 is 5.11 Å². The second kappa shape index (κ2) is 7.89. The Bertz CT molecular complexity index is 920. The Kier molecular flexibility index (Phi) is 5.11. The maximum Gasteiger partial charge on any atom is 0.260 e. The summed E-state index contributed by atoms with van der Waals surface area (Å²) in [4.78, 5) is 24.0.